The van der Waals surface area contributed by atoms with Gasteiger partial charge in [-0.2, -0.15) is 0 Å². The molecule has 2 aromatic rings. The van der Waals surface area contributed by atoms with E-state index in [2.05, 4.69) is 5.32 Å². The van der Waals surface area contributed by atoms with E-state index in [1.165, 1.54) is 30.6 Å². The van der Waals surface area contributed by atoms with Crippen LogP contribution >= 0.6 is 0 Å². The Hall–Kier alpha value is -2.38. The smallest absolute Gasteiger partial charge is 0.242 e. The van der Waals surface area contributed by atoms with Crippen molar-refractivity contribution in [2.75, 3.05) is 20.7 Å². The summed E-state index contributed by atoms with van der Waals surface area (Å²) < 4.78 is 31.5. The van der Waals surface area contributed by atoms with Crippen LogP contribution in [-0.2, 0) is 14.8 Å². The molecule has 0 spiro atoms. The zero-order valence-electron chi connectivity index (χ0n) is 16.8. The molecule has 2 aromatic carbocycles. The summed E-state index contributed by atoms with van der Waals surface area (Å²) in [4.78, 5) is 12.4. The van der Waals surface area contributed by atoms with Gasteiger partial charge in [-0.25, -0.2) is 12.7 Å². The van der Waals surface area contributed by atoms with Crippen LogP contribution in [0.4, 0.5) is 0 Å². The zero-order valence-corrected chi connectivity index (χ0v) is 17.6. The van der Waals surface area contributed by atoms with Gasteiger partial charge in [0.1, 0.15) is 5.75 Å². The highest BCUT2D eigenvalue weighted by Crippen LogP contribution is 2.19. The van der Waals surface area contributed by atoms with E-state index in [9.17, 15) is 13.2 Å². The normalized spacial score (nSPS) is 12.6. The average molecular weight is 405 g/mol. The first-order chi connectivity index (χ1) is 13.3. The van der Waals surface area contributed by atoms with Crippen molar-refractivity contribution in [2.24, 2.45) is 0 Å². The van der Waals surface area contributed by atoms with E-state index in [-0.39, 0.29) is 29.8 Å². The van der Waals surface area contributed by atoms with Gasteiger partial charge in [-0.15, -0.1) is 0 Å². The summed E-state index contributed by atoms with van der Waals surface area (Å²) >= 11 is 0. The summed E-state index contributed by atoms with van der Waals surface area (Å²) in [6.07, 6.45) is 0.705. The fraction of sp³-hybridized carbons (Fsp3) is 0.381. The number of benzene rings is 2. The predicted molar refractivity (Wildman–Crippen MR) is 110 cm³/mol. The fourth-order valence-electron chi connectivity index (χ4n) is 2.97. The number of carbonyl (C=O) groups excluding carboxylic acids is 1. The molecular weight excluding hydrogens is 376 g/mol. The SMILES string of the molecule is COc1ccc(S(=O)(=O)N(C)CCCC(=O)N[C@H](C)c2ccccc2C)cc1. The number of rotatable bonds is 9. The summed E-state index contributed by atoms with van der Waals surface area (Å²) in [6, 6.07) is 14.1. The van der Waals surface area contributed by atoms with Crippen molar-refractivity contribution in [2.45, 2.75) is 37.6 Å². The number of amides is 1. The third-order valence-corrected chi connectivity index (χ3v) is 6.55. The summed E-state index contributed by atoms with van der Waals surface area (Å²) in [6.45, 7) is 4.22. The van der Waals surface area contributed by atoms with Gasteiger partial charge in [-0.1, -0.05) is 24.3 Å². The molecule has 0 saturated carbocycles. The van der Waals surface area contributed by atoms with Crippen LogP contribution < -0.4 is 10.1 Å². The molecule has 0 bridgehead atoms. The molecule has 1 N–H and O–H groups in total. The van der Waals surface area contributed by atoms with Crippen molar-refractivity contribution in [3.05, 3.63) is 59.7 Å². The molecule has 0 aliphatic rings. The summed E-state index contributed by atoms with van der Waals surface area (Å²) in [5, 5.41) is 2.97. The van der Waals surface area contributed by atoms with E-state index in [1.54, 1.807) is 12.1 Å². The molecule has 1 amide bonds. The predicted octanol–water partition coefficient (Wildman–Crippen LogP) is 3.28. The van der Waals surface area contributed by atoms with Gasteiger partial charge in [0.2, 0.25) is 15.9 Å². The molecule has 0 aliphatic carbocycles. The maximum Gasteiger partial charge on any atom is 0.242 e. The Bertz CT molecular complexity index is 895. The lowest BCUT2D eigenvalue weighted by Gasteiger charge is -2.19. The summed E-state index contributed by atoms with van der Waals surface area (Å²) in [5.41, 5.74) is 2.20. The van der Waals surface area contributed by atoms with Crippen molar-refractivity contribution >= 4 is 15.9 Å². The van der Waals surface area contributed by atoms with Crippen molar-refractivity contribution in [3.63, 3.8) is 0 Å². The van der Waals surface area contributed by atoms with Gasteiger partial charge < -0.3 is 10.1 Å². The Labute approximate surface area is 167 Å². The van der Waals surface area contributed by atoms with E-state index >= 15 is 0 Å². The number of methoxy groups -OCH3 is 1. The Morgan fingerprint density at radius 1 is 1.14 bits per heavy atom. The highest BCUT2D eigenvalue weighted by atomic mass is 32.2. The van der Waals surface area contributed by atoms with Crippen LogP contribution in [0.2, 0.25) is 0 Å². The van der Waals surface area contributed by atoms with Crippen molar-refractivity contribution in [1.29, 1.82) is 0 Å². The molecular formula is C21H28N2O4S. The van der Waals surface area contributed by atoms with Gasteiger partial charge in [0.15, 0.2) is 0 Å². The summed E-state index contributed by atoms with van der Waals surface area (Å²) in [5.74, 6) is 0.507. The number of carbonyl (C=O) groups is 1. The number of nitrogens with zero attached hydrogens (tertiary/aromatic N) is 1. The third-order valence-electron chi connectivity index (χ3n) is 4.68. The highest BCUT2D eigenvalue weighted by molar-refractivity contribution is 7.89. The lowest BCUT2D eigenvalue weighted by Crippen LogP contribution is -2.30. The first-order valence-electron chi connectivity index (χ1n) is 9.21. The first-order valence-corrected chi connectivity index (χ1v) is 10.6. The van der Waals surface area contributed by atoms with Crippen LogP contribution in [0.1, 0.15) is 36.9 Å². The van der Waals surface area contributed by atoms with Crippen LogP contribution in [0.25, 0.3) is 0 Å². The van der Waals surface area contributed by atoms with Gasteiger partial charge in [0.25, 0.3) is 0 Å². The third kappa shape index (κ3) is 5.56. The van der Waals surface area contributed by atoms with Gasteiger partial charge in [-0.05, 0) is 55.7 Å². The molecule has 0 saturated heterocycles. The second-order valence-electron chi connectivity index (χ2n) is 6.75. The van der Waals surface area contributed by atoms with E-state index in [4.69, 9.17) is 4.74 Å². The standard InChI is InChI=1S/C21H28N2O4S/c1-16-8-5-6-9-20(16)17(2)22-21(24)10-7-15-23(3)28(25,26)19-13-11-18(27-4)12-14-19/h5-6,8-9,11-14,17H,7,10,15H2,1-4H3,(H,22,24)/t17-/m1/s1. The number of hydrogen-bond donors (Lipinski definition) is 1. The van der Waals surface area contributed by atoms with E-state index in [0.29, 0.717) is 12.2 Å². The Morgan fingerprint density at radius 3 is 2.39 bits per heavy atom. The number of aryl methyl sites for hydroxylation is 1. The van der Waals surface area contributed by atoms with Crippen LogP contribution in [0.5, 0.6) is 5.75 Å². The molecule has 28 heavy (non-hydrogen) atoms. The quantitative estimate of drug-likeness (QED) is 0.696. The molecule has 152 valence electrons. The van der Waals surface area contributed by atoms with Crippen LogP contribution in [0.3, 0.4) is 0 Å². The molecule has 0 unspecified atom stereocenters. The fourth-order valence-corrected chi connectivity index (χ4v) is 4.18. The van der Waals surface area contributed by atoms with E-state index in [1.807, 2.05) is 38.1 Å². The van der Waals surface area contributed by atoms with Crippen molar-refractivity contribution in [3.8, 4) is 5.75 Å². The minimum Gasteiger partial charge on any atom is -0.497 e. The molecule has 1 atom stereocenters. The molecule has 2 rings (SSSR count). The highest BCUT2D eigenvalue weighted by Gasteiger charge is 2.21. The molecule has 0 fully saturated rings. The van der Waals surface area contributed by atoms with E-state index in [0.717, 1.165) is 11.1 Å². The number of ether oxygens (including phenoxy) is 1. The molecule has 0 aliphatic heterocycles. The molecule has 0 radical (unpaired) electrons. The minimum absolute atomic E-state index is 0.0885. The molecule has 0 aromatic heterocycles. The van der Waals surface area contributed by atoms with E-state index < -0.39 is 10.0 Å². The maximum absolute atomic E-state index is 12.6. The lowest BCUT2D eigenvalue weighted by molar-refractivity contribution is -0.121. The van der Waals surface area contributed by atoms with Gasteiger partial charge in [-0.3, -0.25) is 4.79 Å². The number of nitrogens with one attached hydrogen (secondary N) is 1. The van der Waals surface area contributed by atoms with Crippen molar-refractivity contribution < 1.29 is 17.9 Å². The van der Waals surface area contributed by atoms with Crippen LogP contribution in [0.15, 0.2) is 53.4 Å². The maximum atomic E-state index is 12.6. The van der Waals surface area contributed by atoms with Crippen LogP contribution in [0, 0.1) is 6.92 Å². The second-order valence-corrected chi connectivity index (χ2v) is 8.80. The van der Waals surface area contributed by atoms with Gasteiger partial charge >= 0.3 is 0 Å². The molecule has 7 heteroatoms. The monoisotopic (exact) mass is 404 g/mol. The van der Waals surface area contributed by atoms with Crippen LogP contribution in [-0.4, -0.2) is 39.3 Å². The van der Waals surface area contributed by atoms with Gasteiger partial charge in [0.05, 0.1) is 18.0 Å². The number of hydrogen-bond acceptors (Lipinski definition) is 4. The molecule has 0 heterocycles. The lowest BCUT2D eigenvalue weighted by atomic mass is 10.0. The number of sulfonamides is 1. The molecule has 6 nitrogen and oxygen atoms in total. The minimum atomic E-state index is -3.59. The average Bonchev–Trinajstić information content (AvgIpc) is 2.68. The Balaban J connectivity index is 1.86. The van der Waals surface area contributed by atoms with Gasteiger partial charge in [0, 0.05) is 20.0 Å². The zero-order chi connectivity index (χ0) is 20.7. The summed E-state index contributed by atoms with van der Waals surface area (Å²) in [7, 11) is -0.538. The topological polar surface area (TPSA) is 75.7 Å². The second kappa shape index (κ2) is 9.71. The Kier molecular flexibility index (Phi) is 7.60. The largest absolute Gasteiger partial charge is 0.497 e. The van der Waals surface area contributed by atoms with Crippen molar-refractivity contribution in [1.82, 2.24) is 9.62 Å². The Morgan fingerprint density at radius 2 is 1.79 bits per heavy atom. The first kappa shape index (κ1) is 21.9.